The molecular weight excluding hydrogens is 258 g/mol. The molecule has 0 aliphatic carbocycles. The second-order valence-electron chi connectivity index (χ2n) is 4.61. The summed E-state index contributed by atoms with van der Waals surface area (Å²) in [6, 6.07) is 6.24. The number of hydrogen-bond donors (Lipinski definition) is 1. The molecule has 102 valence electrons. The number of nitrogens with one attached hydrogen (secondary N) is 1. The minimum Gasteiger partial charge on any atom is -0.313 e. The van der Waals surface area contributed by atoms with E-state index in [0.29, 0.717) is 0 Å². The van der Waals surface area contributed by atoms with E-state index in [9.17, 15) is 0 Å². The fourth-order valence-electron chi connectivity index (χ4n) is 2.18. The van der Waals surface area contributed by atoms with E-state index in [1.54, 1.807) is 0 Å². The maximum atomic E-state index is 6.42. The molecule has 19 heavy (non-hydrogen) atoms. The average molecular weight is 278 g/mol. The zero-order valence-electron chi connectivity index (χ0n) is 11.7. The summed E-state index contributed by atoms with van der Waals surface area (Å²) < 4.78 is 1.84. The van der Waals surface area contributed by atoms with Crippen LogP contribution in [0.4, 0.5) is 0 Å². The zero-order valence-corrected chi connectivity index (χ0v) is 12.5. The Morgan fingerprint density at radius 3 is 2.68 bits per heavy atom. The first-order chi connectivity index (χ1) is 9.15. The molecule has 0 radical (unpaired) electrons. The van der Waals surface area contributed by atoms with Gasteiger partial charge in [0.15, 0.2) is 0 Å². The highest BCUT2D eigenvalue weighted by Gasteiger charge is 2.11. The Bertz CT molecular complexity index is 561. The van der Waals surface area contributed by atoms with Gasteiger partial charge in [0.05, 0.1) is 5.69 Å². The van der Waals surface area contributed by atoms with Crippen molar-refractivity contribution in [2.45, 2.75) is 26.8 Å². The quantitative estimate of drug-likeness (QED) is 0.908. The summed E-state index contributed by atoms with van der Waals surface area (Å²) in [6.07, 6.45) is 2.94. The van der Waals surface area contributed by atoms with E-state index in [1.807, 2.05) is 24.0 Å². The molecule has 0 saturated carbocycles. The van der Waals surface area contributed by atoms with Crippen LogP contribution in [0.25, 0.3) is 11.1 Å². The van der Waals surface area contributed by atoms with Gasteiger partial charge in [0.2, 0.25) is 0 Å². The third-order valence-corrected chi connectivity index (χ3v) is 3.46. The summed E-state index contributed by atoms with van der Waals surface area (Å²) in [5, 5.41) is 8.56. The van der Waals surface area contributed by atoms with Gasteiger partial charge in [-0.15, -0.1) is 0 Å². The molecule has 2 aromatic rings. The fraction of sp³-hybridized carbons (Fsp3) is 0.400. The van der Waals surface area contributed by atoms with E-state index in [2.05, 4.69) is 36.4 Å². The van der Waals surface area contributed by atoms with E-state index in [1.165, 1.54) is 5.56 Å². The summed E-state index contributed by atoms with van der Waals surface area (Å²) in [5.41, 5.74) is 4.48. The number of nitrogens with zero attached hydrogens (tertiary/aromatic N) is 2. The molecule has 1 aromatic carbocycles. The van der Waals surface area contributed by atoms with Crippen LogP contribution < -0.4 is 5.32 Å². The average Bonchev–Trinajstić information content (AvgIpc) is 2.77. The number of rotatable bonds is 5. The minimum absolute atomic E-state index is 0.790. The molecule has 0 atom stereocenters. The Morgan fingerprint density at radius 1 is 1.26 bits per heavy atom. The Kier molecular flexibility index (Phi) is 4.61. The molecule has 1 N–H and O–H groups in total. The molecule has 0 saturated heterocycles. The number of aromatic nitrogens is 2. The molecule has 0 aliphatic rings. The highest BCUT2D eigenvalue weighted by Crippen LogP contribution is 2.31. The Hall–Kier alpha value is -1.32. The van der Waals surface area contributed by atoms with Crippen LogP contribution in [0.5, 0.6) is 0 Å². The molecule has 3 nitrogen and oxygen atoms in total. The Balaban J connectivity index is 2.34. The third kappa shape index (κ3) is 3.17. The Labute approximate surface area is 119 Å². The number of hydrogen-bond acceptors (Lipinski definition) is 2. The molecular formula is C15H20ClN3. The highest BCUT2D eigenvalue weighted by atomic mass is 35.5. The van der Waals surface area contributed by atoms with Crippen LogP contribution in [0.15, 0.2) is 24.4 Å². The van der Waals surface area contributed by atoms with Gasteiger partial charge in [-0.25, -0.2) is 0 Å². The molecule has 0 unspecified atom stereocenters. The molecule has 0 amide bonds. The Morgan fingerprint density at radius 2 is 2.05 bits per heavy atom. The van der Waals surface area contributed by atoms with E-state index < -0.39 is 0 Å². The maximum absolute atomic E-state index is 6.42. The second-order valence-corrected chi connectivity index (χ2v) is 5.02. The smallest absolute Gasteiger partial charge is 0.0700 e. The van der Waals surface area contributed by atoms with Crippen molar-refractivity contribution in [3.63, 3.8) is 0 Å². The predicted octanol–water partition coefficient (Wildman–Crippen LogP) is 3.41. The van der Waals surface area contributed by atoms with E-state index in [-0.39, 0.29) is 0 Å². The normalized spacial score (nSPS) is 10.9. The van der Waals surface area contributed by atoms with Crippen LogP contribution >= 0.6 is 11.6 Å². The molecule has 0 spiro atoms. The van der Waals surface area contributed by atoms with Crippen LogP contribution in [-0.4, -0.2) is 16.3 Å². The van der Waals surface area contributed by atoms with Gasteiger partial charge >= 0.3 is 0 Å². The molecule has 1 heterocycles. The van der Waals surface area contributed by atoms with Gasteiger partial charge in [0, 0.05) is 35.9 Å². The SMILES string of the molecule is CCNCc1ccc(-c2cn(C)nc2CC)c(Cl)c1. The lowest BCUT2D eigenvalue weighted by molar-refractivity contribution is 0.727. The fourth-order valence-corrected chi connectivity index (χ4v) is 2.48. The predicted molar refractivity (Wildman–Crippen MR) is 80.4 cm³/mol. The summed E-state index contributed by atoms with van der Waals surface area (Å²) in [4.78, 5) is 0. The van der Waals surface area contributed by atoms with Crippen LogP contribution in [0.3, 0.4) is 0 Å². The highest BCUT2D eigenvalue weighted by molar-refractivity contribution is 6.33. The standard InChI is InChI=1S/C15H20ClN3/c1-4-15-13(10-19(3)18-15)12-7-6-11(8-14(12)16)9-17-5-2/h6-8,10,17H,4-5,9H2,1-3H3. The lowest BCUT2D eigenvalue weighted by Crippen LogP contribution is -2.11. The van der Waals surface area contributed by atoms with Gasteiger partial charge in [-0.3, -0.25) is 4.68 Å². The molecule has 0 aliphatic heterocycles. The number of halogens is 1. The zero-order chi connectivity index (χ0) is 13.8. The molecule has 4 heteroatoms. The van der Waals surface area contributed by atoms with E-state index >= 15 is 0 Å². The minimum atomic E-state index is 0.790. The van der Waals surface area contributed by atoms with Crippen molar-refractivity contribution in [2.24, 2.45) is 7.05 Å². The van der Waals surface area contributed by atoms with Crippen LogP contribution in [0.1, 0.15) is 25.1 Å². The van der Waals surface area contributed by atoms with Gasteiger partial charge < -0.3 is 5.32 Å². The van der Waals surface area contributed by atoms with Gasteiger partial charge in [0.1, 0.15) is 0 Å². The number of aryl methyl sites for hydroxylation is 2. The first-order valence-corrected chi connectivity index (χ1v) is 7.05. The van der Waals surface area contributed by atoms with Gasteiger partial charge in [-0.05, 0) is 24.6 Å². The van der Waals surface area contributed by atoms with Crippen molar-refractivity contribution >= 4 is 11.6 Å². The van der Waals surface area contributed by atoms with Crippen molar-refractivity contribution in [3.8, 4) is 11.1 Å². The van der Waals surface area contributed by atoms with E-state index in [4.69, 9.17) is 11.6 Å². The van der Waals surface area contributed by atoms with Gasteiger partial charge in [-0.2, -0.15) is 5.10 Å². The molecule has 1 aromatic heterocycles. The summed E-state index contributed by atoms with van der Waals surface area (Å²) in [7, 11) is 1.94. The lowest BCUT2D eigenvalue weighted by Gasteiger charge is -2.07. The largest absolute Gasteiger partial charge is 0.313 e. The van der Waals surface area contributed by atoms with Gasteiger partial charge in [-0.1, -0.05) is 37.6 Å². The van der Waals surface area contributed by atoms with Crippen molar-refractivity contribution in [3.05, 3.63) is 40.7 Å². The molecule has 0 fully saturated rings. The van der Waals surface area contributed by atoms with Crippen LogP contribution in [0.2, 0.25) is 5.02 Å². The first kappa shape index (κ1) is 14.1. The summed E-state index contributed by atoms with van der Waals surface area (Å²) >= 11 is 6.42. The monoisotopic (exact) mass is 277 g/mol. The second kappa shape index (κ2) is 6.22. The van der Waals surface area contributed by atoms with Crippen molar-refractivity contribution in [1.82, 2.24) is 15.1 Å². The van der Waals surface area contributed by atoms with E-state index in [0.717, 1.165) is 41.4 Å². The molecule has 0 bridgehead atoms. The maximum Gasteiger partial charge on any atom is 0.0700 e. The molecule has 2 rings (SSSR count). The first-order valence-electron chi connectivity index (χ1n) is 6.67. The lowest BCUT2D eigenvalue weighted by atomic mass is 10.0. The van der Waals surface area contributed by atoms with Crippen molar-refractivity contribution in [2.75, 3.05) is 6.54 Å². The van der Waals surface area contributed by atoms with Crippen molar-refractivity contribution in [1.29, 1.82) is 0 Å². The van der Waals surface area contributed by atoms with Gasteiger partial charge in [0.25, 0.3) is 0 Å². The summed E-state index contributed by atoms with van der Waals surface area (Å²) in [5.74, 6) is 0. The summed E-state index contributed by atoms with van der Waals surface area (Å²) in [6.45, 7) is 6.02. The van der Waals surface area contributed by atoms with Crippen LogP contribution in [0, 0.1) is 0 Å². The van der Waals surface area contributed by atoms with Crippen molar-refractivity contribution < 1.29 is 0 Å². The third-order valence-electron chi connectivity index (χ3n) is 3.14. The van der Waals surface area contributed by atoms with Crippen LogP contribution in [-0.2, 0) is 20.0 Å². The number of benzene rings is 1. The topological polar surface area (TPSA) is 29.9 Å².